The van der Waals surface area contributed by atoms with Crippen LogP contribution in [0.5, 0.6) is 0 Å². The van der Waals surface area contributed by atoms with Crippen molar-refractivity contribution in [1.29, 1.82) is 0 Å². The quantitative estimate of drug-likeness (QED) is 0.174. The number of anilines is 3. The normalized spacial score (nSPS) is 21.2. The van der Waals surface area contributed by atoms with Gasteiger partial charge < -0.3 is 9.32 Å². The molecule has 57 heavy (non-hydrogen) atoms. The van der Waals surface area contributed by atoms with Gasteiger partial charge in [0.05, 0.1) is 49.5 Å². The van der Waals surface area contributed by atoms with Crippen LogP contribution in [0.2, 0.25) is 0 Å². The molecule has 2 aliphatic rings. The first-order chi connectivity index (χ1) is 39.4. The Bertz CT molecular complexity index is 4650. The van der Waals surface area contributed by atoms with Gasteiger partial charge in [0.1, 0.15) is 11.2 Å². The molecule has 9 aromatic rings. The molecule has 11 rings (SSSR count). The summed E-state index contributed by atoms with van der Waals surface area (Å²) < 4.78 is 265. The van der Waals surface area contributed by atoms with Crippen LogP contribution in [-0.4, -0.2) is 0 Å². The summed E-state index contributed by atoms with van der Waals surface area (Å²) in [7, 11) is 0. The molecule has 2 nitrogen and oxygen atoms in total. The van der Waals surface area contributed by atoms with Crippen molar-refractivity contribution in [1.82, 2.24) is 0 Å². The third kappa shape index (κ3) is 4.90. The number of hydrogen-bond acceptors (Lipinski definition) is 2. The first-order valence-electron chi connectivity index (χ1n) is 31.8. The summed E-state index contributed by atoms with van der Waals surface area (Å²) >= 11 is 0. The summed E-state index contributed by atoms with van der Waals surface area (Å²) in [5.74, 6) is 0. The third-order valence-corrected chi connectivity index (χ3v) is 10.8. The minimum absolute atomic E-state index is 0.0842. The fourth-order valence-corrected chi connectivity index (χ4v) is 7.93. The Labute approximate surface area is 374 Å². The second kappa shape index (κ2) is 12.2. The highest BCUT2D eigenvalue weighted by atomic mass is 16.3. The molecule has 274 valence electrons. The molecule has 0 unspecified atom stereocenters. The predicted molar refractivity (Wildman–Crippen MR) is 239 cm³/mol. The summed E-state index contributed by atoms with van der Waals surface area (Å²) in [5.41, 5.74) is -11.3. The fraction of sp³-hybridized carbons (Fsp3) is 0.127. The Morgan fingerprint density at radius 3 is 1.88 bits per heavy atom. The van der Waals surface area contributed by atoms with Gasteiger partial charge in [-0.25, -0.2) is 0 Å². The molecule has 2 heteroatoms. The lowest BCUT2D eigenvalue weighted by Crippen LogP contribution is -2.18. The van der Waals surface area contributed by atoms with E-state index in [1.807, 2.05) is 0 Å². The first kappa shape index (κ1) is 15.7. The van der Waals surface area contributed by atoms with Crippen molar-refractivity contribution in [3.8, 4) is 44.5 Å². The molecule has 0 atom stereocenters. The second-order valence-corrected chi connectivity index (χ2v) is 14.8. The van der Waals surface area contributed by atoms with Crippen LogP contribution in [-0.2, 0) is 10.8 Å². The Balaban J connectivity index is 1.38. The van der Waals surface area contributed by atoms with E-state index in [2.05, 4.69) is 0 Å². The van der Waals surface area contributed by atoms with Crippen LogP contribution in [0.15, 0.2) is 174 Å². The van der Waals surface area contributed by atoms with Gasteiger partial charge in [-0.15, -0.1) is 0 Å². The lowest BCUT2D eigenvalue weighted by Gasteiger charge is -2.30. The molecule has 0 bridgehead atoms. The second-order valence-electron chi connectivity index (χ2n) is 14.8. The molecule has 0 saturated heterocycles. The van der Waals surface area contributed by atoms with Crippen molar-refractivity contribution in [2.24, 2.45) is 0 Å². The molecule has 0 amide bonds. The number of benzene rings is 8. The van der Waals surface area contributed by atoms with Gasteiger partial charge in [-0.2, -0.15) is 0 Å². The van der Waals surface area contributed by atoms with Crippen molar-refractivity contribution in [2.45, 2.75) is 45.4 Å². The molecule has 0 fully saturated rings. The van der Waals surface area contributed by atoms with Crippen molar-refractivity contribution >= 4 is 39.0 Å². The van der Waals surface area contributed by atoms with Gasteiger partial charge >= 0.3 is 0 Å². The summed E-state index contributed by atoms with van der Waals surface area (Å²) in [6, 6.07) is -22.5. The van der Waals surface area contributed by atoms with Crippen LogP contribution >= 0.6 is 0 Å². The first-order valence-corrected chi connectivity index (χ1v) is 17.8. The molecule has 2 aliphatic carbocycles. The van der Waals surface area contributed by atoms with Gasteiger partial charge in [0.2, 0.25) is 0 Å². The zero-order chi connectivity index (χ0) is 63.0. The van der Waals surface area contributed by atoms with E-state index in [-0.39, 0.29) is 61.2 Å². The number of fused-ring (bicyclic) bond motifs is 9. The van der Waals surface area contributed by atoms with Gasteiger partial charge in [0.15, 0.2) is 0 Å². The summed E-state index contributed by atoms with van der Waals surface area (Å²) in [4.78, 5) is 0.726. The number of furan rings is 1. The zero-order valence-electron chi connectivity index (χ0n) is 58.9. The largest absolute Gasteiger partial charge is 0.456 e. The van der Waals surface area contributed by atoms with Crippen LogP contribution < -0.4 is 4.90 Å². The maximum absolute atomic E-state index is 10.5. The predicted octanol–water partition coefficient (Wildman–Crippen LogP) is 15.3. The van der Waals surface area contributed by atoms with Gasteiger partial charge in [-0.05, 0) is 128 Å². The molecule has 8 aromatic carbocycles. The van der Waals surface area contributed by atoms with Crippen LogP contribution in [0.1, 0.15) is 93.9 Å². The van der Waals surface area contributed by atoms with Crippen LogP contribution in [0.3, 0.4) is 0 Å². The number of hydrogen-bond donors (Lipinski definition) is 0. The van der Waals surface area contributed by atoms with Gasteiger partial charge in [0, 0.05) is 27.6 Å². The molecule has 0 N–H and O–H groups in total. The van der Waals surface area contributed by atoms with Crippen molar-refractivity contribution < 1.29 is 42.8 Å². The van der Waals surface area contributed by atoms with Crippen molar-refractivity contribution in [2.75, 3.05) is 4.90 Å². The average Bonchev–Trinajstić information content (AvgIpc) is 1.57. The topological polar surface area (TPSA) is 16.4 Å². The molecule has 1 heterocycles. The van der Waals surface area contributed by atoms with E-state index in [0.29, 0.717) is 0 Å². The van der Waals surface area contributed by atoms with E-state index in [0.717, 1.165) is 4.90 Å². The number of rotatable bonds is 5. The van der Waals surface area contributed by atoms with Crippen molar-refractivity contribution in [3.63, 3.8) is 0 Å². The standard InChI is InChI=1S/C55H43NO/c1-34-15-9-10-18-39(34)42-20-13-22-46-52(42)43-29-27-38(33-48(43)55(46,4)5)56(37-26-28-41-40-19-11-12-21-45(40)54(2,3)47(41)32-37)49-23-14-24-51-53(49)44-31-36(25-30-50(44)57-51)35-16-7-6-8-17-35/h6-33H,1-5H3/i6D,7D,8D,9D,10D,11D,12D,13D,14D,15D,16D,17D,18D,19D,20D,21D,22D,23D,24D,25D,26D,27D,28D,29D,30D,31D,32D,33D. The van der Waals surface area contributed by atoms with E-state index >= 15 is 0 Å². The maximum atomic E-state index is 10.5. The molecule has 0 radical (unpaired) electrons. The monoisotopic (exact) mass is 762 g/mol. The Morgan fingerprint density at radius 2 is 1.07 bits per heavy atom. The van der Waals surface area contributed by atoms with Crippen LogP contribution in [0.25, 0.3) is 66.4 Å². The fourth-order valence-electron chi connectivity index (χ4n) is 7.93. The summed E-state index contributed by atoms with van der Waals surface area (Å²) in [6.07, 6.45) is 0. The summed E-state index contributed by atoms with van der Waals surface area (Å²) in [5, 5.41) is -1.27. The highest BCUT2D eigenvalue weighted by Gasteiger charge is 2.39. The molecule has 0 aliphatic heterocycles. The van der Waals surface area contributed by atoms with Crippen LogP contribution in [0, 0.1) is 6.92 Å². The lowest BCUT2D eigenvalue weighted by molar-refractivity contribution is 0.660. The molecule has 0 spiro atoms. The molecular formula is C55H43NO. The molecular weight excluding hydrogens is 691 g/mol. The third-order valence-electron chi connectivity index (χ3n) is 10.8. The van der Waals surface area contributed by atoms with E-state index in [1.165, 1.54) is 34.6 Å². The summed E-state index contributed by atoms with van der Waals surface area (Å²) in [6.45, 7) is 7.26. The van der Waals surface area contributed by atoms with Gasteiger partial charge in [-0.3, -0.25) is 0 Å². The zero-order valence-corrected chi connectivity index (χ0v) is 30.9. The Hall–Kier alpha value is -6.64. The van der Waals surface area contributed by atoms with E-state index in [4.69, 9.17) is 23.6 Å². The Kier molecular flexibility index (Phi) is 3.36. The minimum atomic E-state index is -1.78. The number of nitrogens with zero attached hydrogens (tertiary/aromatic N) is 1. The average molecular weight is 762 g/mol. The molecule has 0 saturated carbocycles. The van der Waals surface area contributed by atoms with Gasteiger partial charge in [-0.1, -0.05) is 149 Å². The molecule has 1 aromatic heterocycles. The highest BCUT2D eigenvalue weighted by Crippen LogP contribution is 2.56. The van der Waals surface area contributed by atoms with Gasteiger partial charge in [0.25, 0.3) is 0 Å². The van der Waals surface area contributed by atoms with E-state index in [9.17, 15) is 19.2 Å². The Morgan fingerprint density at radius 1 is 0.456 bits per heavy atom. The SMILES string of the molecule is [2H]c1c([2H])c([2H])c(-c2c([2H])c([2H])c3oc4c([2H])c([2H])c([2H])c(N(c5c([2H])c([2H])c6c(c5[2H])C(C)(C)c5c([2H])c([2H])c([2H])c([2H])c5-6)c5c([2H])c([2H])c6c(c5[2H])C(C)(C)c5c([2H])c([2H])c([2H])c(-c7c([2H])c([2H])c([2H])c([2H])c7C)c5-6)c4c3c2[2H])c([2H])c1[2H]. The highest BCUT2D eigenvalue weighted by molar-refractivity contribution is 6.14. The van der Waals surface area contributed by atoms with Crippen molar-refractivity contribution in [3.05, 3.63) is 197 Å². The smallest absolute Gasteiger partial charge is 0.137 e. The van der Waals surface area contributed by atoms with E-state index in [1.54, 1.807) is 0 Å². The van der Waals surface area contributed by atoms with E-state index < -0.39 is 230 Å². The van der Waals surface area contributed by atoms with Crippen LogP contribution in [0.4, 0.5) is 17.1 Å². The maximum Gasteiger partial charge on any atom is 0.137 e. The minimum Gasteiger partial charge on any atom is -0.456 e. The lowest BCUT2D eigenvalue weighted by atomic mass is 9.81.